The molecular weight excluding hydrogens is 337 g/mol. The van der Waals surface area contributed by atoms with E-state index in [1.54, 1.807) is 0 Å². The summed E-state index contributed by atoms with van der Waals surface area (Å²) in [6, 6.07) is 9.83. The van der Waals surface area contributed by atoms with E-state index in [9.17, 15) is 14.0 Å². The molecule has 0 bridgehead atoms. The van der Waals surface area contributed by atoms with Gasteiger partial charge in [0.1, 0.15) is 24.8 Å². The molecule has 0 saturated carbocycles. The molecule has 0 unspecified atom stereocenters. The van der Waals surface area contributed by atoms with Gasteiger partial charge in [0.05, 0.1) is 5.92 Å². The minimum absolute atomic E-state index is 0.0185. The zero-order valence-electron chi connectivity index (χ0n) is 14.7. The van der Waals surface area contributed by atoms with Gasteiger partial charge in [0.2, 0.25) is 5.91 Å². The zero-order chi connectivity index (χ0) is 18.7. The van der Waals surface area contributed by atoms with E-state index in [1.165, 1.54) is 18.2 Å². The van der Waals surface area contributed by atoms with Crippen LogP contribution in [0.15, 0.2) is 36.4 Å². The van der Waals surface area contributed by atoms with Gasteiger partial charge in [0, 0.05) is 12.1 Å². The molecule has 0 aromatic heterocycles. The highest BCUT2D eigenvalue weighted by Gasteiger charge is 2.32. The van der Waals surface area contributed by atoms with Crippen LogP contribution in [-0.2, 0) is 14.3 Å². The first kappa shape index (κ1) is 17.9. The fourth-order valence-corrected chi connectivity index (χ4v) is 3.07. The number of amides is 1. The second-order valence-corrected chi connectivity index (χ2v) is 6.38. The topological polar surface area (TPSA) is 64.6 Å². The summed E-state index contributed by atoms with van der Waals surface area (Å²) in [5.74, 6) is -1.34. The van der Waals surface area contributed by atoms with Crippen molar-refractivity contribution in [3.8, 4) is 5.75 Å². The smallest absolute Gasteiger partial charge is 0.314 e. The van der Waals surface area contributed by atoms with Crippen LogP contribution < -0.4 is 10.1 Å². The molecule has 1 N–H and O–H groups in total. The number of hydrogen-bond acceptors (Lipinski definition) is 4. The molecule has 0 radical (unpaired) electrons. The van der Waals surface area contributed by atoms with Crippen molar-refractivity contribution in [3.63, 3.8) is 0 Å². The molecule has 2 aromatic carbocycles. The van der Waals surface area contributed by atoms with Gasteiger partial charge in [-0.1, -0.05) is 12.1 Å². The number of esters is 1. The molecule has 0 fully saturated rings. The fourth-order valence-electron chi connectivity index (χ4n) is 3.07. The monoisotopic (exact) mass is 357 g/mol. The molecular formula is C20H20FNO4. The summed E-state index contributed by atoms with van der Waals surface area (Å²) in [7, 11) is 0. The Kier molecular flexibility index (Phi) is 5.21. The van der Waals surface area contributed by atoms with Crippen molar-refractivity contribution in [3.05, 3.63) is 58.9 Å². The Labute approximate surface area is 151 Å². The number of nitrogens with one attached hydrogen (secondary N) is 1. The van der Waals surface area contributed by atoms with Crippen molar-refractivity contribution in [2.24, 2.45) is 0 Å². The SMILES string of the molecule is Cc1cc(C)cc(OCCOC(=O)[C@H]2CC(=O)Nc3cc(F)ccc32)c1. The Hall–Kier alpha value is -2.89. The van der Waals surface area contributed by atoms with Crippen LogP contribution in [0, 0.1) is 19.7 Å². The molecule has 1 aliphatic heterocycles. The van der Waals surface area contributed by atoms with E-state index in [-0.39, 0.29) is 25.5 Å². The van der Waals surface area contributed by atoms with Crippen LogP contribution in [0.1, 0.15) is 29.0 Å². The molecule has 5 nitrogen and oxygen atoms in total. The minimum Gasteiger partial charge on any atom is -0.490 e. The first-order valence-electron chi connectivity index (χ1n) is 8.39. The maximum Gasteiger partial charge on any atom is 0.314 e. The van der Waals surface area contributed by atoms with Gasteiger partial charge in [-0.3, -0.25) is 9.59 Å². The molecule has 1 heterocycles. The second-order valence-electron chi connectivity index (χ2n) is 6.38. The number of halogens is 1. The molecule has 1 atom stereocenters. The van der Waals surface area contributed by atoms with Crippen LogP contribution in [0.3, 0.4) is 0 Å². The predicted molar refractivity (Wildman–Crippen MR) is 94.8 cm³/mol. The number of ether oxygens (including phenoxy) is 2. The number of anilines is 1. The maximum absolute atomic E-state index is 13.3. The number of fused-ring (bicyclic) bond motifs is 1. The summed E-state index contributed by atoms with van der Waals surface area (Å²) >= 11 is 0. The number of aryl methyl sites for hydroxylation is 2. The molecule has 3 rings (SSSR count). The molecule has 0 spiro atoms. The average molecular weight is 357 g/mol. The Morgan fingerprint density at radius 1 is 1.15 bits per heavy atom. The maximum atomic E-state index is 13.3. The van der Waals surface area contributed by atoms with Crippen molar-refractivity contribution < 1.29 is 23.5 Å². The van der Waals surface area contributed by atoms with Crippen LogP contribution >= 0.6 is 0 Å². The lowest BCUT2D eigenvalue weighted by molar-refractivity contribution is -0.147. The Morgan fingerprint density at radius 2 is 1.88 bits per heavy atom. The van der Waals surface area contributed by atoms with E-state index >= 15 is 0 Å². The number of carbonyl (C=O) groups excluding carboxylic acids is 2. The summed E-state index contributed by atoms with van der Waals surface area (Å²) in [6.45, 7) is 4.24. The normalized spacial score (nSPS) is 15.8. The first-order valence-corrected chi connectivity index (χ1v) is 8.39. The van der Waals surface area contributed by atoms with Crippen molar-refractivity contribution in [2.45, 2.75) is 26.2 Å². The van der Waals surface area contributed by atoms with Crippen LogP contribution in [0.5, 0.6) is 5.75 Å². The lowest BCUT2D eigenvalue weighted by Crippen LogP contribution is -2.29. The van der Waals surface area contributed by atoms with E-state index in [0.717, 1.165) is 16.9 Å². The highest BCUT2D eigenvalue weighted by molar-refractivity contribution is 5.99. The van der Waals surface area contributed by atoms with Crippen LogP contribution in [0.25, 0.3) is 0 Å². The molecule has 1 amide bonds. The second kappa shape index (κ2) is 7.56. The minimum atomic E-state index is -0.736. The van der Waals surface area contributed by atoms with E-state index in [1.807, 2.05) is 32.0 Å². The standard InChI is InChI=1S/C20H20FNO4/c1-12-7-13(2)9-15(8-12)25-5-6-26-20(24)17-11-19(23)22-18-10-14(21)3-4-16(17)18/h3-4,7-10,17H,5-6,11H2,1-2H3,(H,22,23)/t17-/m0/s1. The lowest BCUT2D eigenvalue weighted by atomic mass is 9.90. The summed E-state index contributed by atoms with van der Waals surface area (Å²) in [4.78, 5) is 24.1. The van der Waals surface area contributed by atoms with Crippen molar-refractivity contribution in [2.75, 3.05) is 18.5 Å². The Balaban J connectivity index is 1.58. The summed E-state index contributed by atoms with van der Waals surface area (Å²) in [6.07, 6.45) is -0.0185. The first-order chi connectivity index (χ1) is 12.4. The molecule has 2 aromatic rings. The number of carbonyl (C=O) groups is 2. The number of hydrogen-bond donors (Lipinski definition) is 1. The molecule has 6 heteroatoms. The summed E-state index contributed by atoms with van der Waals surface area (Å²) in [5.41, 5.74) is 3.06. The van der Waals surface area contributed by atoms with Crippen LogP contribution in [-0.4, -0.2) is 25.1 Å². The van der Waals surface area contributed by atoms with Gasteiger partial charge in [-0.25, -0.2) is 4.39 Å². The fraction of sp³-hybridized carbons (Fsp3) is 0.300. The van der Waals surface area contributed by atoms with Crippen LogP contribution in [0.2, 0.25) is 0 Å². The largest absolute Gasteiger partial charge is 0.490 e. The average Bonchev–Trinajstić information content (AvgIpc) is 2.56. The summed E-state index contributed by atoms with van der Waals surface area (Å²) in [5, 5.41) is 2.57. The number of rotatable bonds is 5. The quantitative estimate of drug-likeness (QED) is 0.657. The number of benzene rings is 2. The van der Waals surface area contributed by atoms with Gasteiger partial charge in [-0.15, -0.1) is 0 Å². The highest BCUT2D eigenvalue weighted by atomic mass is 19.1. The van der Waals surface area contributed by atoms with Crippen molar-refractivity contribution in [1.29, 1.82) is 0 Å². The van der Waals surface area contributed by atoms with E-state index in [4.69, 9.17) is 9.47 Å². The van der Waals surface area contributed by atoms with Gasteiger partial charge in [0.15, 0.2) is 0 Å². The van der Waals surface area contributed by atoms with Gasteiger partial charge < -0.3 is 14.8 Å². The lowest BCUT2D eigenvalue weighted by Gasteiger charge is -2.24. The summed E-state index contributed by atoms with van der Waals surface area (Å²) < 4.78 is 24.2. The van der Waals surface area contributed by atoms with Gasteiger partial charge in [0.25, 0.3) is 0 Å². The third-order valence-electron chi connectivity index (χ3n) is 4.13. The van der Waals surface area contributed by atoms with Crippen molar-refractivity contribution >= 4 is 17.6 Å². The third-order valence-corrected chi connectivity index (χ3v) is 4.13. The molecule has 1 aliphatic rings. The molecule has 0 aliphatic carbocycles. The van der Waals surface area contributed by atoms with Gasteiger partial charge in [-0.2, -0.15) is 0 Å². The van der Waals surface area contributed by atoms with E-state index in [2.05, 4.69) is 5.32 Å². The highest BCUT2D eigenvalue weighted by Crippen LogP contribution is 2.33. The zero-order valence-corrected chi connectivity index (χ0v) is 14.7. The van der Waals surface area contributed by atoms with Gasteiger partial charge >= 0.3 is 5.97 Å². The Bertz CT molecular complexity index is 829. The Morgan fingerprint density at radius 3 is 2.62 bits per heavy atom. The molecule has 26 heavy (non-hydrogen) atoms. The molecule has 136 valence electrons. The van der Waals surface area contributed by atoms with E-state index in [0.29, 0.717) is 11.3 Å². The van der Waals surface area contributed by atoms with Gasteiger partial charge in [-0.05, 0) is 54.8 Å². The van der Waals surface area contributed by atoms with Crippen LogP contribution in [0.4, 0.5) is 10.1 Å². The van der Waals surface area contributed by atoms with E-state index < -0.39 is 17.7 Å². The predicted octanol–water partition coefficient (Wildman–Crippen LogP) is 3.49. The molecule has 0 saturated heterocycles. The third kappa shape index (κ3) is 4.20. The van der Waals surface area contributed by atoms with Crippen molar-refractivity contribution in [1.82, 2.24) is 0 Å².